The number of azo groups is 2. The highest BCUT2D eigenvalue weighted by molar-refractivity contribution is 6.32. The third-order valence-electron chi connectivity index (χ3n) is 10.2. The van der Waals surface area contributed by atoms with Gasteiger partial charge < -0.3 is 30.7 Å². The van der Waals surface area contributed by atoms with Crippen LogP contribution in [0, 0.1) is 0 Å². The van der Waals surface area contributed by atoms with E-state index in [2.05, 4.69) is 41.7 Å². The number of hydrogen-bond acceptors (Lipinski definition) is 12. The van der Waals surface area contributed by atoms with Gasteiger partial charge in [0, 0.05) is 44.3 Å². The Labute approximate surface area is 435 Å². The first-order chi connectivity index (χ1) is 34.0. The molecule has 0 saturated carbocycles. The van der Waals surface area contributed by atoms with E-state index in [1.165, 1.54) is 54.6 Å². The highest BCUT2D eigenvalue weighted by Crippen LogP contribution is 2.34. The molecule has 21 heteroatoms. The molecule has 0 spiro atoms. The third kappa shape index (κ3) is 15.5. The fourth-order valence-electron chi connectivity index (χ4n) is 6.89. The summed E-state index contributed by atoms with van der Waals surface area (Å²) in [6.45, 7) is 8.29. The number of carbonyl (C=O) groups is 6. The minimum Gasteiger partial charge on any atom is -0.492 e. The lowest BCUT2D eigenvalue weighted by Crippen LogP contribution is -2.32. The Kier molecular flexibility index (Phi) is 20.9. The number of aryl methyl sites for hydroxylation is 2. The van der Waals surface area contributed by atoms with Crippen molar-refractivity contribution in [2.24, 2.45) is 20.5 Å². The lowest BCUT2D eigenvalue weighted by atomic mass is 10.1. The van der Waals surface area contributed by atoms with E-state index in [9.17, 15) is 28.8 Å². The highest BCUT2D eigenvalue weighted by atomic mass is 35.5. The van der Waals surface area contributed by atoms with Crippen LogP contribution in [-0.2, 0) is 32.0 Å². The molecule has 16 nitrogen and oxygen atoms in total. The molecule has 4 N–H and O–H groups in total. The van der Waals surface area contributed by atoms with Gasteiger partial charge in [-0.25, -0.2) is 0 Å². The predicted molar refractivity (Wildman–Crippen MR) is 279 cm³/mol. The van der Waals surface area contributed by atoms with Gasteiger partial charge in [-0.05, 0) is 131 Å². The van der Waals surface area contributed by atoms with Crippen molar-refractivity contribution in [1.82, 2.24) is 0 Å². The monoisotopic (exact) mass is 1060 g/mol. The molecule has 372 valence electrons. The molecule has 4 amide bonds. The van der Waals surface area contributed by atoms with Gasteiger partial charge >= 0.3 is 0 Å². The molecular weight excluding hydrogens is 1020 g/mol. The maximum atomic E-state index is 13.6. The van der Waals surface area contributed by atoms with Crippen molar-refractivity contribution in [3.05, 3.63) is 129 Å². The summed E-state index contributed by atoms with van der Waals surface area (Å²) in [5.41, 5.74) is 3.50. The Bertz CT molecular complexity index is 2810. The quantitative estimate of drug-likeness (QED) is 0.0279. The van der Waals surface area contributed by atoms with Crippen molar-refractivity contribution in [2.45, 2.75) is 64.9 Å². The highest BCUT2D eigenvalue weighted by Gasteiger charge is 2.27. The number of hydrogen-bond donors (Lipinski definition) is 4. The summed E-state index contributed by atoms with van der Waals surface area (Å²) < 4.78 is 11.5. The number of nitrogens with one attached hydrogen (secondary N) is 4. The molecule has 0 heterocycles. The zero-order chi connectivity index (χ0) is 51.8. The van der Waals surface area contributed by atoms with E-state index < -0.39 is 52.7 Å². The van der Waals surface area contributed by atoms with Gasteiger partial charge in [0.25, 0.3) is 23.6 Å². The standard InChI is InChI=1S/C50H49Cl5N8O8/c1-6-70-41-12-8-10-30(16-18-51)45(41)58-47(66)32-20-34(54)24-37(22-32)60-62-43(28(4)64)49(68)56-36-14-15-40(39(26-36)27(3)53)57-50(69)44(29(5)65)63-61-38-23-33(21-35(55)25-38)48(67)59-46-31(17-19-52)11-9-13-42(46)71-7-2/h8-15,20-27,43-44H,6-7,16-19H2,1-5H3,(H,56,68)(H,57,69)(H,58,66)(H,59,67). The van der Waals surface area contributed by atoms with Crippen LogP contribution in [0.5, 0.6) is 11.5 Å². The number of halogens is 5. The largest absolute Gasteiger partial charge is 0.492 e. The smallest absolute Gasteiger partial charge is 0.258 e. The van der Waals surface area contributed by atoms with Crippen LogP contribution in [0.2, 0.25) is 10.0 Å². The molecule has 5 aromatic carbocycles. The van der Waals surface area contributed by atoms with Crippen molar-refractivity contribution in [3.63, 3.8) is 0 Å². The molecule has 0 aliphatic rings. The molecule has 3 atom stereocenters. The van der Waals surface area contributed by atoms with Crippen LogP contribution < -0.4 is 30.7 Å². The fraction of sp³-hybridized carbons (Fsp3) is 0.280. The second kappa shape index (κ2) is 26.7. The Hall–Kier alpha value is -6.43. The number of Topliss-reactive ketones (excluding diaryl/α,β-unsaturated/α-hetero) is 2. The molecule has 0 aliphatic carbocycles. The van der Waals surface area contributed by atoms with Crippen molar-refractivity contribution >= 4 is 127 Å². The number of nitrogens with zero attached hydrogens (tertiary/aromatic N) is 4. The van der Waals surface area contributed by atoms with E-state index in [0.29, 0.717) is 66.3 Å². The van der Waals surface area contributed by atoms with Crippen LogP contribution in [0.15, 0.2) is 111 Å². The van der Waals surface area contributed by atoms with E-state index in [0.717, 1.165) is 25.0 Å². The van der Waals surface area contributed by atoms with Gasteiger partial charge in [-0.3, -0.25) is 28.8 Å². The van der Waals surface area contributed by atoms with Gasteiger partial charge in [0.2, 0.25) is 12.1 Å². The second-order valence-electron chi connectivity index (χ2n) is 15.5. The van der Waals surface area contributed by atoms with Gasteiger partial charge in [0.1, 0.15) is 11.5 Å². The van der Waals surface area contributed by atoms with Gasteiger partial charge in [-0.15, -0.1) is 34.8 Å². The summed E-state index contributed by atoms with van der Waals surface area (Å²) in [6, 6.07) is 20.2. The van der Waals surface area contributed by atoms with E-state index in [1.54, 1.807) is 31.2 Å². The Morgan fingerprint density at radius 2 is 1.04 bits per heavy atom. The summed E-state index contributed by atoms with van der Waals surface area (Å²) in [5, 5.41) is 26.7. The molecule has 3 unspecified atom stereocenters. The number of anilines is 4. The minimum absolute atomic E-state index is 0.0804. The first-order valence-corrected chi connectivity index (χ1v) is 24.3. The first kappa shape index (κ1) is 55.5. The van der Waals surface area contributed by atoms with Crippen molar-refractivity contribution in [3.8, 4) is 11.5 Å². The van der Waals surface area contributed by atoms with Gasteiger partial charge in [0.05, 0.1) is 41.3 Å². The zero-order valence-electron chi connectivity index (χ0n) is 39.1. The van der Waals surface area contributed by atoms with Crippen molar-refractivity contribution in [1.29, 1.82) is 0 Å². The SMILES string of the molecule is CCOc1cccc(CCCl)c1NC(=O)c1cc(Cl)cc(N=NC(C(C)=O)C(=O)Nc2ccc(NC(=O)C(N=Nc3cc(Cl)cc(C(=O)Nc4c(CCCl)cccc4OCC)c3)C(C)=O)c(C(C)Cl)c2)c1. The summed E-state index contributed by atoms with van der Waals surface area (Å²) in [6.07, 6.45) is 0.931. The summed E-state index contributed by atoms with van der Waals surface area (Å²) in [5.74, 6) is -2.55. The number of carbonyl (C=O) groups excluding carboxylic acids is 6. The van der Waals surface area contributed by atoms with Gasteiger partial charge in [-0.2, -0.15) is 20.5 Å². The van der Waals surface area contributed by atoms with Crippen LogP contribution in [0.1, 0.15) is 77.4 Å². The third-order valence-corrected chi connectivity index (χ3v) is 11.2. The van der Waals surface area contributed by atoms with E-state index in [1.807, 2.05) is 26.0 Å². The van der Waals surface area contributed by atoms with Crippen molar-refractivity contribution < 1.29 is 38.2 Å². The van der Waals surface area contributed by atoms with Gasteiger partial charge in [0.15, 0.2) is 11.6 Å². The molecule has 0 saturated heterocycles. The molecule has 0 bridgehead atoms. The van der Waals surface area contributed by atoms with E-state index >= 15 is 0 Å². The van der Waals surface area contributed by atoms with Crippen LogP contribution >= 0.6 is 58.0 Å². The predicted octanol–water partition coefficient (Wildman–Crippen LogP) is 12.5. The van der Waals surface area contributed by atoms with Crippen LogP contribution in [0.25, 0.3) is 0 Å². The number of alkyl halides is 3. The second-order valence-corrected chi connectivity index (χ2v) is 17.8. The maximum Gasteiger partial charge on any atom is 0.258 e. The molecule has 5 aromatic rings. The number of rotatable bonds is 23. The van der Waals surface area contributed by atoms with Crippen LogP contribution in [0.4, 0.5) is 34.1 Å². The molecule has 5 rings (SSSR count). The summed E-state index contributed by atoms with van der Waals surface area (Å²) in [4.78, 5) is 79.7. The number of benzene rings is 5. The maximum absolute atomic E-state index is 13.6. The van der Waals surface area contributed by atoms with E-state index in [-0.39, 0.29) is 43.9 Å². The Balaban J connectivity index is 1.30. The molecule has 0 fully saturated rings. The number of ketones is 2. The molecule has 0 aromatic heterocycles. The lowest BCUT2D eigenvalue weighted by molar-refractivity contribution is -0.127. The van der Waals surface area contributed by atoms with Crippen molar-refractivity contribution in [2.75, 3.05) is 46.2 Å². The normalized spacial score (nSPS) is 12.5. The average Bonchev–Trinajstić information content (AvgIpc) is 3.31. The topological polar surface area (TPSA) is 218 Å². The average molecular weight is 1070 g/mol. The molecule has 0 radical (unpaired) electrons. The van der Waals surface area contributed by atoms with Gasteiger partial charge in [-0.1, -0.05) is 47.5 Å². The molecule has 0 aliphatic heterocycles. The summed E-state index contributed by atoms with van der Waals surface area (Å²) >= 11 is 31.3. The van der Waals surface area contributed by atoms with E-state index in [4.69, 9.17) is 67.5 Å². The minimum atomic E-state index is -1.64. The molecule has 71 heavy (non-hydrogen) atoms. The summed E-state index contributed by atoms with van der Waals surface area (Å²) in [7, 11) is 0. The van der Waals surface area contributed by atoms with Crippen LogP contribution in [-0.4, -0.2) is 72.3 Å². The number of para-hydroxylation sites is 2. The fourth-order valence-corrected chi connectivity index (χ4v) is 7.93. The lowest BCUT2D eigenvalue weighted by Gasteiger charge is -2.17. The Morgan fingerprint density at radius 1 is 0.592 bits per heavy atom. The van der Waals surface area contributed by atoms with Crippen LogP contribution in [0.3, 0.4) is 0 Å². The first-order valence-electron chi connectivity index (χ1n) is 22.0. The molecular formula is C50H49Cl5N8O8. The number of amides is 4. The number of ether oxygens (including phenoxy) is 2. The zero-order valence-corrected chi connectivity index (χ0v) is 42.9. The Morgan fingerprint density at radius 3 is 1.45 bits per heavy atom.